The van der Waals surface area contributed by atoms with Gasteiger partial charge in [0.1, 0.15) is 13.2 Å². The monoisotopic (exact) mass is 1110 g/mol. The highest BCUT2D eigenvalue weighted by Gasteiger charge is 2.19. The minimum Gasteiger partial charge on any atom is -0.462 e. The van der Waals surface area contributed by atoms with Gasteiger partial charge in [-0.1, -0.05) is 310 Å². The van der Waals surface area contributed by atoms with Gasteiger partial charge in [-0.2, -0.15) is 0 Å². The Kier molecular flexibility index (Phi) is 64.3. The first-order valence-electron chi connectivity index (χ1n) is 33.9. The van der Waals surface area contributed by atoms with Crippen LogP contribution in [0, 0.1) is 0 Å². The predicted molar refractivity (Wildman–Crippen MR) is 348 cm³/mol. The summed E-state index contributed by atoms with van der Waals surface area (Å²) in [5.74, 6) is -0.940. The molecule has 0 saturated carbocycles. The van der Waals surface area contributed by atoms with Gasteiger partial charge in [0, 0.05) is 19.3 Å². The third kappa shape index (κ3) is 64.9. The van der Waals surface area contributed by atoms with Crippen molar-refractivity contribution < 1.29 is 28.6 Å². The van der Waals surface area contributed by atoms with Gasteiger partial charge in [0.2, 0.25) is 0 Å². The molecule has 0 amide bonds. The molecule has 0 aliphatic heterocycles. The van der Waals surface area contributed by atoms with E-state index in [1.165, 1.54) is 154 Å². The van der Waals surface area contributed by atoms with Crippen LogP contribution in [0.2, 0.25) is 0 Å². The van der Waals surface area contributed by atoms with E-state index in [1.807, 2.05) is 0 Å². The molecule has 6 nitrogen and oxygen atoms in total. The average Bonchev–Trinajstić information content (AvgIpc) is 3.46. The van der Waals surface area contributed by atoms with Crippen molar-refractivity contribution in [1.82, 2.24) is 0 Å². The van der Waals surface area contributed by atoms with E-state index in [2.05, 4.69) is 130 Å². The summed E-state index contributed by atoms with van der Waals surface area (Å²) in [5, 5.41) is 0. The van der Waals surface area contributed by atoms with Gasteiger partial charge in [-0.05, 0) is 103 Å². The molecule has 6 heteroatoms. The van der Waals surface area contributed by atoms with Crippen molar-refractivity contribution in [2.45, 2.75) is 329 Å². The second-order valence-electron chi connectivity index (χ2n) is 22.4. The van der Waals surface area contributed by atoms with Crippen molar-refractivity contribution in [3.05, 3.63) is 109 Å². The van der Waals surface area contributed by atoms with Crippen LogP contribution in [0.4, 0.5) is 0 Å². The first-order valence-corrected chi connectivity index (χ1v) is 33.9. The summed E-state index contributed by atoms with van der Waals surface area (Å²) in [5.41, 5.74) is 0. The highest BCUT2D eigenvalue weighted by Crippen LogP contribution is 2.17. The van der Waals surface area contributed by atoms with E-state index in [-0.39, 0.29) is 31.1 Å². The lowest BCUT2D eigenvalue weighted by Gasteiger charge is -2.18. The van der Waals surface area contributed by atoms with E-state index in [0.29, 0.717) is 19.3 Å². The molecule has 0 N–H and O–H groups in total. The van der Waals surface area contributed by atoms with Crippen molar-refractivity contribution >= 4 is 17.9 Å². The molecule has 0 saturated heterocycles. The van der Waals surface area contributed by atoms with E-state index in [4.69, 9.17) is 14.2 Å². The third-order valence-electron chi connectivity index (χ3n) is 14.5. The molecule has 0 aliphatic rings. The predicted octanol–water partition coefficient (Wildman–Crippen LogP) is 23.4. The second-order valence-corrected chi connectivity index (χ2v) is 22.4. The summed E-state index contributed by atoms with van der Waals surface area (Å²) in [7, 11) is 0. The largest absolute Gasteiger partial charge is 0.462 e. The van der Waals surface area contributed by atoms with E-state index in [9.17, 15) is 14.4 Å². The summed E-state index contributed by atoms with van der Waals surface area (Å²) in [4.78, 5) is 38.3. The number of allylic oxidation sites excluding steroid dienone is 18. The van der Waals surface area contributed by atoms with Crippen LogP contribution in [-0.4, -0.2) is 37.2 Å². The third-order valence-corrected chi connectivity index (χ3v) is 14.5. The maximum atomic E-state index is 12.9. The van der Waals surface area contributed by atoms with Crippen LogP contribution >= 0.6 is 0 Å². The van der Waals surface area contributed by atoms with Crippen molar-refractivity contribution in [2.75, 3.05) is 13.2 Å². The molecule has 1 unspecified atom stereocenters. The molecule has 0 radical (unpaired) electrons. The van der Waals surface area contributed by atoms with Crippen molar-refractivity contribution in [1.29, 1.82) is 0 Å². The van der Waals surface area contributed by atoms with Gasteiger partial charge in [0.15, 0.2) is 6.10 Å². The van der Waals surface area contributed by atoms with Gasteiger partial charge in [0.25, 0.3) is 0 Å². The zero-order chi connectivity index (χ0) is 57.8. The first kappa shape index (κ1) is 76.1. The molecule has 80 heavy (non-hydrogen) atoms. The lowest BCUT2D eigenvalue weighted by atomic mass is 10.0. The normalized spacial score (nSPS) is 12.8. The highest BCUT2D eigenvalue weighted by atomic mass is 16.6. The fraction of sp³-hybridized carbons (Fsp3) is 0.716. The van der Waals surface area contributed by atoms with E-state index in [1.54, 1.807) is 0 Å². The Balaban J connectivity index is 4.30. The molecular formula is C74H126O6. The Morgan fingerprint density at radius 3 is 0.850 bits per heavy atom. The molecule has 0 spiro atoms. The molecule has 0 aromatic rings. The van der Waals surface area contributed by atoms with Gasteiger partial charge in [-0.15, -0.1) is 0 Å². The standard InChI is InChI=1S/C74H126O6/c1-4-7-10-13-16-19-22-24-26-28-30-32-34-36-37-39-40-42-44-46-48-50-52-55-58-61-64-67-73(76)79-70-71(69-78-72(75)66-63-60-57-54-21-18-15-12-9-6-3)80-74(77)68-65-62-59-56-53-51-49-47-45-43-41-38-35-33-31-29-27-25-23-20-17-14-11-8-5-2/h7,10,12,15-16,19,24,26,30,32,36-37,40,42,46,48,52,55,71H,4-6,8-9,11,13-14,17-18,20-23,25,27-29,31,33-35,38-39,41,43-45,47,49-51,53-54,56-70H2,1-3H3/b10-7-,15-12-,19-16-,26-24-,32-30-,37-36-,42-40-,48-46-,55-52-. The molecule has 0 heterocycles. The Hall–Kier alpha value is -3.93. The quantitative estimate of drug-likeness (QED) is 0.0261. The number of esters is 3. The molecule has 0 bridgehead atoms. The van der Waals surface area contributed by atoms with Gasteiger partial charge in [-0.3, -0.25) is 14.4 Å². The van der Waals surface area contributed by atoms with Crippen molar-refractivity contribution in [3.63, 3.8) is 0 Å². The van der Waals surface area contributed by atoms with Crippen LogP contribution in [0.1, 0.15) is 323 Å². The fourth-order valence-corrected chi connectivity index (χ4v) is 9.46. The molecular weight excluding hydrogens is 985 g/mol. The zero-order valence-electron chi connectivity index (χ0n) is 52.6. The van der Waals surface area contributed by atoms with Gasteiger partial charge in [0.05, 0.1) is 0 Å². The number of ether oxygens (including phenoxy) is 3. The van der Waals surface area contributed by atoms with Crippen molar-refractivity contribution in [2.24, 2.45) is 0 Å². The Morgan fingerprint density at radius 2 is 0.512 bits per heavy atom. The van der Waals surface area contributed by atoms with E-state index in [0.717, 1.165) is 128 Å². The Bertz CT molecular complexity index is 1610. The minimum atomic E-state index is -0.800. The number of unbranched alkanes of at least 4 members (excludes halogenated alkanes) is 32. The number of carbonyl (C=O) groups is 3. The molecule has 0 fully saturated rings. The Labute approximate surface area is 495 Å². The molecule has 1 atom stereocenters. The fourth-order valence-electron chi connectivity index (χ4n) is 9.46. The van der Waals surface area contributed by atoms with Crippen LogP contribution in [0.25, 0.3) is 0 Å². The molecule has 0 rings (SSSR count). The zero-order valence-corrected chi connectivity index (χ0v) is 52.6. The Morgan fingerprint density at radius 1 is 0.263 bits per heavy atom. The lowest BCUT2D eigenvalue weighted by Crippen LogP contribution is -2.30. The van der Waals surface area contributed by atoms with Gasteiger partial charge >= 0.3 is 17.9 Å². The SMILES string of the molecule is CC/C=C\C/C=C\C/C=C\C/C=C\C/C=C\C/C=C\C/C=C\C/C=C\CCCCC(=O)OCC(COC(=O)CCCCCCC/C=C\CCC)OC(=O)CCCCCCCCCCCCCCCCCCCCCCCCCCC. The van der Waals surface area contributed by atoms with E-state index >= 15 is 0 Å². The molecule has 0 aromatic carbocycles. The number of rotatable bonds is 61. The van der Waals surface area contributed by atoms with Crippen LogP contribution in [0.15, 0.2) is 109 Å². The van der Waals surface area contributed by atoms with Crippen LogP contribution < -0.4 is 0 Å². The minimum absolute atomic E-state index is 0.0952. The summed E-state index contributed by atoms with van der Waals surface area (Å²) in [6.45, 7) is 6.45. The van der Waals surface area contributed by atoms with Crippen LogP contribution in [-0.2, 0) is 28.6 Å². The summed E-state index contributed by atoms with van der Waals surface area (Å²) < 4.78 is 16.9. The summed E-state index contributed by atoms with van der Waals surface area (Å²) >= 11 is 0. The molecule has 458 valence electrons. The molecule has 0 aliphatic carbocycles. The maximum absolute atomic E-state index is 12.9. The lowest BCUT2D eigenvalue weighted by molar-refractivity contribution is -0.167. The number of hydrogen-bond donors (Lipinski definition) is 0. The highest BCUT2D eigenvalue weighted by molar-refractivity contribution is 5.71. The summed E-state index contributed by atoms with van der Waals surface area (Å²) in [6.07, 6.45) is 92.7. The maximum Gasteiger partial charge on any atom is 0.306 e. The van der Waals surface area contributed by atoms with Crippen molar-refractivity contribution in [3.8, 4) is 0 Å². The van der Waals surface area contributed by atoms with Crippen LogP contribution in [0.3, 0.4) is 0 Å². The van der Waals surface area contributed by atoms with Crippen LogP contribution in [0.5, 0.6) is 0 Å². The number of carbonyl (C=O) groups excluding carboxylic acids is 3. The van der Waals surface area contributed by atoms with Gasteiger partial charge < -0.3 is 14.2 Å². The summed E-state index contributed by atoms with van der Waals surface area (Å²) in [6, 6.07) is 0. The van der Waals surface area contributed by atoms with Gasteiger partial charge in [-0.25, -0.2) is 0 Å². The average molecular weight is 1110 g/mol. The van der Waals surface area contributed by atoms with E-state index < -0.39 is 6.10 Å². The smallest absolute Gasteiger partial charge is 0.306 e. The second kappa shape index (κ2) is 67.6. The molecule has 0 aromatic heterocycles. The number of hydrogen-bond acceptors (Lipinski definition) is 6. The first-order chi connectivity index (χ1) is 39.5. The topological polar surface area (TPSA) is 78.9 Å².